The lowest BCUT2D eigenvalue weighted by atomic mass is 9.97. The largest absolute Gasteiger partial charge is 0.310 e. The van der Waals surface area contributed by atoms with Gasteiger partial charge in [0.05, 0.1) is 0 Å². The van der Waals surface area contributed by atoms with E-state index in [4.69, 9.17) is 0 Å². The molecule has 0 amide bonds. The Morgan fingerprint density at radius 2 is 1.76 bits per heavy atom. The van der Waals surface area contributed by atoms with Crippen molar-refractivity contribution in [3.05, 3.63) is 70.8 Å². The van der Waals surface area contributed by atoms with Gasteiger partial charge in [-0.2, -0.15) is 0 Å². The summed E-state index contributed by atoms with van der Waals surface area (Å²) in [6, 6.07) is 11.5. The van der Waals surface area contributed by atoms with E-state index >= 15 is 0 Å². The second-order valence-corrected chi connectivity index (χ2v) is 5.36. The van der Waals surface area contributed by atoms with Crippen LogP contribution in [0.15, 0.2) is 42.5 Å². The SMILES string of the molecule is CCCNC(Cc1ccc(F)cc1)c1cc(C)ccc1F. The van der Waals surface area contributed by atoms with Crippen LogP contribution in [0.2, 0.25) is 0 Å². The van der Waals surface area contributed by atoms with Crippen molar-refractivity contribution in [1.82, 2.24) is 5.32 Å². The van der Waals surface area contributed by atoms with Crippen LogP contribution in [0.25, 0.3) is 0 Å². The summed E-state index contributed by atoms with van der Waals surface area (Å²) in [5, 5.41) is 3.38. The lowest BCUT2D eigenvalue weighted by Gasteiger charge is -2.20. The molecule has 0 aliphatic carbocycles. The molecule has 1 unspecified atom stereocenters. The summed E-state index contributed by atoms with van der Waals surface area (Å²) in [7, 11) is 0. The summed E-state index contributed by atoms with van der Waals surface area (Å²) < 4.78 is 27.1. The lowest BCUT2D eigenvalue weighted by Crippen LogP contribution is -2.25. The van der Waals surface area contributed by atoms with Crippen LogP contribution in [-0.2, 0) is 6.42 Å². The second-order valence-electron chi connectivity index (χ2n) is 5.36. The highest BCUT2D eigenvalue weighted by Crippen LogP contribution is 2.23. The van der Waals surface area contributed by atoms with Gasteiger partial charge < -0.3 is 5.32 Å². The fraction of sp³-hybridized carbons (Fsp3) is 0.333. The molecule has 0 radical (unpaired) electrons. The molecule has 2 rings (SSSR count). The van der Waals surface area contributed by atoms with Crippen molar-refractivity contribution in [1.29, 1.82) is 0 Å². The summed E-state index contributed by atoms with van der Waals surface area (Å²) in [5.74, 6) is -0.449. The van der Waals surface area contributed by atoms with Crippen LogP contribution in [0, 0.1) is 18.6 Å². The second kappa shape index (κ2) is 7.32. The van der Waals surface area contributed by atoms with Gasteiger partial charge in [0.2, 0.25) is 0 Å². The van der Waals surface area contributed by atoms with Crippen molar-refractivity contribution in [2.45, 2.75) is 32.7 Å². The van der Waals surface area contributed by atoms with E-state index in [0.29, 0.717) is 12.0 Å². The molecular formula is C18H21F2N. The van der Waals surface area contributed by atoms with Gasteiger partial charge in [-0.15, -0.1) is 0 Å². The summed E-state index contributed by atoms with van der Waals surface area (Å²) in [5.41, 5.74) is 2.70. The molecule has 1 nitrogen and oxygen atoms in total. The Balaban J connectivity index is 2.25. The summed E-state index contributed by atoms with van der Waals surface area (Å²) in [6.07, 6.45) is 1.62. The molecule has 0 aliphatic rings. The molecule has 3 heteroatoms. The van der Waals surface area contributed by atoms with E-state index in [0.717, 1.165) is 24.1 Å². The summed E-state index contributed by atoms with van der Waals surface area (Å²) in [6.45, 7) is 4.85. The Labute approximate surface area is 125 Å². The van der Waals surface area contributed by atoms with Gasteiger partial charge in [0, 0.05) is 11.6 Å². The van der Waals surface area contributed by atoms with Gasteiger partial charge in [-0.05, 0) is 50.1 Å². The van der Waals surface area contributed by atoms with E-state index in [1.54, 1.807) is 18.2 Å². The molecule has 0 aliphatic heterocycles. The van der Waals surface area contributed by atoms with Gasteiger partial charge in [0.1, 0.15) is 11.6 Å². The predicted octanol–water partition coefficient (Wildman–Crippen LogP) is 4.56. The Hall–Kier alpha value is -1.74. The van der Waals surface area contributed by atoms with Gasteiger partial charge in [0.15, 0.2) is 0 Å². The zero-order chi connectivity index (χ0) is 15.2. The van der Waals surface area contributed by atoms with Crippen LogP contribution >= 0.6 is 0 Å². The Morgan fingerprint density at radius 1 is 1.05 bits per heavy atom. The van der Waals surface area contributed by atoms with E-state index in [1.165, 1.54) is 18.2 Å². The summed E-state index contributed by atoms with van der Waals surface area (Å²) >= 11 is 0. The highest BCUT2D eigenvalue weighted by Gasteiger charge is 2.16. The number of hydrogen-bond acceptors (Lipinski definition) is 1. The Morgan fingerprint density at radius 3 is 2.43 bits per heavy atom. The smallest absolute Gasteiger partial charge is 0.128 e. The molecule has 1 atom stereocenters. The number of nitrogens with one attached hydrogen (secondary N) is 1. The molecule has 0 saturated carbocycles. The maximum absolute atomic E-state index is 14.1. The molecule has 1 N–H and O–H groups in total. The normalized spacial score (nSPS) is 12.4. The average molecular weight is 289 g/mol. The van der Waals surface area contributed by atoms with E-state index < -0.39 is 0 Å². The number of hydrogen-bond donors (Lipinski definition) is 1. The first-order chi connectivity index (χ1) is 10.1. The average Bonchev–Trinajstić information content (AvgIpc) is 2.48. The monoisotopic (exact) mass is 289 g/mol. The van der Waals surface area contributed by atoms with Gasteiger partial charge in [-0.25, -0.2) is 8.78 Å². The van der Waals surface area contributed by atoms with Crippen molar-refractivity contribution in [2.24, 2.45) is 0 Å². The third-order valence-corrected chi connectivity index (χ3v) is 3.52. The van der Waals surface area contributed by atoms with Crippen molar-refractivity contribution in [3.63, 3.8) is 0 Å². The Bertz CT molecular complexity index is 578. The number of aryl methyl sites for hydroxylation is 1. The highest BCUT2D eigenvalue weighted by molar-refractivity contribution is 5.29. The summed E-state index contributed by atoms with van der Waals surface area (Å²) in [4.78, 5) is 0. The van der Waals surface area contributed by atoms with Crippen molar-refractivity contribution >= 4 is 0 Å². The van der Waals surface area contributed by atoms with E-state index in [1.807, 2.05) is 13.0 Å². The standard InChI is InChI=1S/C18H21F2N/c1-3-10-21-18(12-14-5-7-15(19)8-6-14)16-11-13(2)4-9-17(16)20/h4-9,11,18,21H,3,10,12H2,1-2H3. The van der Waals surface area contributed by atoms with Crippen molar-refractivity contribution < 1.29 is 8.78 Å². The topological polar surface area (TPSA) is 12.0 Å². The third kappa shape index (κ3) is 4.36. The minimum absolute atomic E-state index is 0.102. The van der Waals surface area contributed by atoms with Gasteiger partial charge in [-0.3, -0.25) is 0 Å². The molecule has 0 heterocycles. The molecule has 2 aromatic rings. The minimum Gasteiger partial charge on any atom is -0.310 e. The number of halogens is 2. The molecule has 2 aromatic carbocycles. The fourth-order valence-electron chi connectivity index (χ4n) is 2.40. The number of benzene rings is 2. The lowest BCUT2D eigenvalue weighted by molar-refractivity contribution is 0.496. The van der Waals surface area contributed by atoms with Crippen LogP contribution in [0.4, 0.5) is 8.78 Å². The van der Waals surface area contributed by atoms with E-state index in [-0.39, 0.29) is 17.7 Å². The fourth-order valence-corrected chi connectivity index (χ4v) is 2.40. The minimum atomic E-state index is -0.251. The van der Waals surface area contributed by atoms with Crippen LogP contribution in [0.3, 0.4) is 0 Å². The van der Waals surface area contributed by atoms with Crippen LogP contribution in [0.1, 0.15) is 36.1 Å². The zero-order valence-electron chi connectivity index (χ0n) is 12.5. The first-order valence-electron chi connectivity index (χ1n) is 7.34. The van der Waals surface area contributed by atoms with Crippen LogP contribution < -0.4 is 5.32 Å². The molecule has 112 valence electrons. The Kier molecular flexibility index (Phi) is 5.45. The molecule has 0 fully saturated rings. The van der Waals surface area contributed by atoms with Gasteiger partial charge in [-0.1, -0.05) is 36.8 Å². The molecule has 0 bridgehead atoms. The van der Waals surface area contributed by atoms with Crippen LogP contribution in [-0.4, -0.2) is 6.54 Å². The van der Waals surface area contributed by atoms with Gasteiger partial charge >= 0.3 is 0 Å². The number of rotatable bonds is 6. The predicted molar refractivity (Wildman–Crippen MR) is 82.3 cm³/mol. The first kappa shape index (κ1) is 15.6. The van der Waals surface area contributed by atoms with E-state index in [2.05, 4.69) is 12.2 Å². The quantitative estimate of drug-likeness (QED) is 0.822. The zero-order valence-corrected chi connectivity index (χ0v) is 12.5. The van der Waals surface area contributed by atoms with E-state index in [9.17, 15) is 8.78 Å². The molecule has 0 spiro atoms. The van der Waals surface area contributed by atoms with Crippen molar-refractivity contribution in [2.75, 3.05) is 6.54 Å². The maximum atomic E-state index is 14.1. The molecule has 0 aromatic heterocycles. The van der Waals surface area contributed by atoms with Crippen molar-refractivity contribution in [3.8, 4) is 0 Å². The molecular weight excluding hydrogens is 268 g/mol. The van der Waals surface area contributed by atoms with Crippen LogP contribution in [0.5, 0.6) is 0 Å². The molecule has 21 heavy (non-hydrogen) atoms. The third-order valence-electron chi connectivity index (χ3n) is 3.52. The first-order valence-corrected chi connectivity index (χ1v) is 7.34. The highest BCUT2D eigenvalue weighted by atomic mass is 19.1. The van der Waals surface area contributed by atoms with Gasteiger partial charge in [0.25, 0.3) is 0 Å². The molecule has 0 saturated heterocycles. The maximum Gasteiger partial charge on any atom is 0.128 e.